The summed E-state index contributed by atoms with van der Waals surface area (Å²) in [5.74, 6) is 0. The molecule has 1 N–H and O–H groups in total. The van der Waals surface area contributed by atoms with E-state index in [1.807, 2.05) is 12.5 Å². The van der Waals surface area contributed by atoms with Crippen LogP contribution >= 0.6 is 0 Å². The molecule has 4 heteroatoms. The number of nitrogens with one attached hydrogen (secondary N) is 1. The molecule has 0 aliphatic heterocycles. The first-order chi connectivity index (χ1) is 9.56. The Balaban J connectivity index is 1.95. The zero-order chi connectivity index (χ0) is 14.5. The molecule has 0 atom stereocenters. The smallest absolute Gasteiger partial charge is 0.0951 e. The number of imidazole rings is 1. The normalized spacial score (nSPS) is 11.3. The van der Waals surface area contributed by atoms with E-state index in [1.54, 1.807) is 0 Å². The molecule has 20 heavy (non-hydrogen) atoms. The highest BCUT2D eigenvalue weighted by Gasteiger charge is 2.05. The molecule has 0 unspecified atom stereocenters. The quantitative estimate of drug-likeness (QED) is 0.877. The first-order valence-corrected chi connectivity index (χ1v) is 7.04. The van der Waals surface area contributed by atoms with Gasteiger partial charge in [0.2, 0.25) is 0 Å². The van der Waals surface area contributed by atoms with Gasteiger partial charge in [0, 0.05) is 24.5 Å². The Labute approximate surface area is 121 Å². The van der Waals surface area contributed by atoms with Crippen LogP contribution in [0.25, 0.3) is 0 Å². The molecule has 1 aromatic heterocycles. The van der Waals surface area contributed by atoms with Crippen LogP contribution in [0.15, 0.2) is 36.8 Å². The third-order valence-corrected chi connectivity index (χ3v) is 3.23. The van der Waals surface area contributed by atoms with Crippen LogP contribution in [-0.4, -0.2) is 28.5 Å². The minimum Gasteiger partial charge on any atom is -0.379 e. The summed E-state index contributed by atoms with van der Waals surface area (Å²) in [7, 11) is 4.17. The fraction of sp³-hybridized carbons (Fsp3) is 0.438. The van der Waals surface area contributed by atoms with Gasteiger partial charge in [-0.25, -0.2) is 4.98 Å². The maximum absolute atomic E-state index is 4.22. The molecule has 0 amide bonds. The van der Waals surface area contributed by atoms with Gasteiger partial charge >= 0.3 is 0 Å². The Morgan fingerprint density at radius 3 is 2.50 bits per heavy atom. The van der Waals surface area contributed by atoms with Crippen molar-refractivity contribution < 1.29 is 0 Å². The second kappa shape index (κ2) is 6.57. The fourth-order valence-electron chi connectivity index (χ4n) is 2.22. The first-order valence-electron chi connectivity index (χ1n) is 7.04. The Kier molecular flexibility index (Phi) is 4.79. The molecule has 4 nitrogen and oxygen atoms in total. The van der Waals surface area contributed by atoms with Gasteiger partial charge < -0.3 is 14.8 Å². The number of anilines is 1. The number of aromatic nitrogens is 2. The van der Waals surface area contributed by atoms with Gasteiger partial charge in [0.05, 0.1) is 18.6 Å². The number of hydrogen-bond donors (Lipinski definition) is 1. The minimum absolute atomic E-state index is 0.441. The Bertz CT molecular complexity index is 526. The third kappa shape index (κ3) is 3.84. The molecular formula is C16H24N4. The SMILES string of the molecule is CC(C)n1cncc1CNc1ccc(CN(C)C)cc1. The van der Waals surface area contributed by atoms with Gasteiger partial charge in [-0.2, -0.15) is 0 Å². The van der Waals surface area contributed by atoms with E-state index in [4.69, 9.17) is 0 Å². The molecule has 2 aromatic rings. The summed E-state index contributed by atoms with van der Waals surface area (Å²) in [6.45, 7) is 6.11. The molecular weight excluding hydrogens is 248 g/mol. The van der Waals surface area contributed by atoms with Crippen molar-refractivity contribution in [1.82, 2.24) is 14.5 Å². The van der Waals surface area contributed by atoms with Crippen molar-refractivity contribution >= 4 is 5.69 Å². The Morgan fingerprint density at radius 1 is 1.20 bits per heavy atom. The van der Waals surface area contributed by atoms with Gasteiger partial charge in [0.1, 0.15) is 0 Å². The summed E-state index contributed by atoms with van der Waals surface area (Å²) in [5.41, 5.74) is 3.68. The van der Waals surface area contributed by atoms with Crippen LogP contribution in [0.4, 0.5) is 5.69 Å². The van der Waals surface area contributed by atoms with E-state index in [9.17, 15) is 0 Å². The van der Waals surface area contributed by atoms with Crippen molar-refractivity contribution in [2.45, 2.75) is 33.0 Å². The first kappa shape index (κ1) is 14.6. The van der Waals surface area contributed by atoms with Crippen LogP contribution in [0, 0.1) is 0 Å². The summed E-state index contributed by atoms with van der Waals surface area (Å²) in [6, 6.07) is 9.05. The van der Waals surface area contributed by atoms with Crippen LogP contribution in [0.1, 0.15) is 31.1 Å². The summed E-state index contributed by atoms with van der Waals surface area (Å²) >= 11 is 0. The molecule has 1 aromatic carbocycles. The number of benzene rings is 1. The van der Waals surface area contributed by atoms with Gasteiger partial charge in [0.25, 0.3) is 0 Å². The standard InChI is InChI=1S/C16H24N4/c1-13(2)20-12-17-9-16(20)10-18-15-7-5-14(6-8-15)11-19(3)4/h5-9,12-13,18H,10-11H2,1-4H3. The van der Waals surface area contributed by atoms with E-state index < -0.39 is 0 Å². The average Bonchev–Trinajstić information content (AvgIpc) is 2.86. The van der Waals surface area contributed by atoms with Gasteiger partial charge in [-0.3, -0.25) is 0 Å². The summed E-state index contributed by atoms with van der Waals surface area (Å²) < 4.78 is 2.19. The second-order valence-electron chi connectivity index (χ2n) is 5.67. The van der Waals surface area contributed by atoms with Crippen molar-refractivity contribution in [2.75, 3.05) is 19.4 Å². The molecule has 108 valence electrons. The van der Waals surface area contributed by atoms with Crippen LogP contribution in [-0.2, 0) is 13.1 Å². The number of nitrogens with zero attached hydrogens (tertiary/aromatic N) is 3. The van der Waals surface area contributed by atoms with Crippen LogP contribution in [0.5, 0.6) is 0 Å². The van der Waals surface area contributed by atoms with Crippen molar-refractivity contribution in [3.05, 3.63) is 48.0 Å². The molecule has 0 saturated carbocycles. The van der Waals surface area contributed by atoms with E-state index in [0.29, 0.717) is 6.04 Å². The largest absolute Gasteiger partial charge is 0.379 e. The van der Waals surface area contributed by atoms with Gasteiger partial charge in [0.15, 0.2) is 0 Å². The molecule has 2 rings (SSSR count). The van der Waals surface area contributed by atoms with Crippen LogP contribution in [0.3, 0.4) is 0 Å². The lowest BCUT2D eigenvalue weighted by Crippen LogP contribution is -2.11. The highest BCUT2D eigenvalue weighted by Crippen LogP contribution is 2.14. The van der Waals surface area contributed by atoms with E-state index >= 15 is 0 Å². The lowest BCUT2D eigenvalue weighted by Gasteiger charge is -2.14. The van der Waals surface area contributed by atoms with Gasteiger partial charge in [-0.1, -0.05) is 12.1 Å². The zero-order valence-electron chi connectivity index (χ0n) is 12.8. The second-order valence-corrected chi connectivity index (χ2v) is 5.67. The van der Waals surface area contributed by atoms with E-state index in [2.05, 4.69) is 72.0 Å². The minimum atomic E-state index is 0.441. The van der Waals surface area contributed by atoms with Crippen LogP contribution < -0.4 is 5.32 Å². The highest BCUT2D eigenvalue weighted by atomic mass is 15.1. The van der Waals surface area contributed by atoms with E-state index in [1.165, 1.54) is 11.3 Å². The van der Waals surface area contributed by atoms with Gasteiger partial charge in [-0.05, 0) is 45.6 Å². The zero-order valence-corrected chi connectivity index (χ0v) is 12.8. The third-order valence-electron chi connectivity index (χ3n) is 3.23. The number of hydrogen-bond acceptors (Lipinski definition) is 3. The number of rotatable bonds is 6. The summed E-state index contributed by atoms with van der Waals surface area (Å²) in [5, 5.41) is 3.45. The van der Waals surface area contributed by atoms with Crippen LogP contribution in [0.2, 0.25) is 0 Å². The van der Waals surface area contributed by atoms with Crippen molar-refractivity contribution in [2.24, 2.45) is 0 Å². The maximum atomic E-state index is 4.22. The Morgan fingerprint density at radius 2 is 1.90 bits per heavy atom. The lowest BCUT2D eigenvalue weighted by atomic mass is 10.2. The predicted molar refractivity (Wildman–Crippen MR) is 83.8 cm³/mol. The maximum Gasteiger partial charge on any atom is 0.0951 e. The fourth-order valence-corrected chi connectivity index (χ4v) is 2.22. The van der Waals surface area contributed by atoms with Gasteiger partial charge in [-0.15, -0.1) is 0 Å². The molecule has 1 heterocycles. The van der Waals surface area contributed by atoms with E-state index in [-0.39, 0.29) is 0 Å². The molecule has 0 spiro atoms. The molecule has 0 bridgehead atoms. The monoisotopic (exact) mass is 272 g/mol. The van der Waals surface area contributed by atoms with Crippen molar-refractivity contribution in [3.63, 3.8) is 0 Å². The molecule has 0 aliphatic rings. The topological polar surface area (TPSA) is 33.1 Å². The molecule has 0 aliphatic carbocycles. The summed E-state index contributed by atoms with van der Waals surface area (Å²) in [6.07, 6.45) is 3.81. The predicted octanol–water partition coefficient (Wildman–Crippen LogP) is 3.14. The Hall–Kier alpha value is -1.81. The van der Waals surface area contributed by atoms with Crippen molar-refractivity contribution in [1.29, 1.82) is 0 Å². The molecule has 0 fully saturated rings. The average molecular weight is 272 g/mol. The summed E-state index contributed by atoms with van der Waals surface area (Å²) in [4.78, 5) is 6.39. The highest BCUT2D eigenvalue weighted by molar-refractivity contribution is 5.44. The van der Waals surface area contributed by atoms with E-state index in [0.717, 1.165) is 18.8 Å². The lowest BCUT2D eigenvalue weighted by molar-refractivity contribution is 0.402. The molecule has 0 saturated heterocycles. The van der Waals surface area contributed by atoms with Crippen molar-refractivity contribution in [3.8, 4) is 0 Å². The molecule has 0 radical (unpaired) electrons.